The Bertz CT molecular complexity index is 1180. The van der Waals surface area contributed by atoms with Crippen molar-refractivity contribution in [3.05, 3.63) is 97.1 Å². The van der Waals surface area contributed by atoms with E-state index < -0.39 is 16.1 Å². The van der Waals surface area contributed by atoms with Gasteiger partial charge in [0.25, 0.3) is 0 Å². The first-order chi connectivity index (χ1) is 15.4. The van der Waals surface area contributed by atoms with Crippen LogP contribution in [0.1, 0.15) is 0 Å². The summed E-state index contributed by atoms with van der Waals surface area (Å²) in [6.45, 7) is 0. The SMILES string of the molecule is O=[PH]([O-])c1ccccc1-c1ccccc1O.O=[PH]([O-])c1ccccc1-c1ccccc1O.[Co+2]. The van der Waals surface area contributed by atoms with Gasteiger partial charge in [0.05, 0.1) is 0 Å². The predicted molar refractivity (Wildman–Crippen MR) is 124 cm³/mol. The second-order valence-electron chi connectivity index (χ2n) is 6.70. The fraction of sp³-hybridized carbons (Fsp3) is 0. The van der Waals surface area contributed by atoms with Crippen LogP contribution in [0.5, 0.6) is 11.5 Å². The minimum atomic E-state index is -3.02. The standard InChI is InChI=1S/2C12H11O3P.Co/c2*13-11-7-3-1-5-9(11)10-6-2-4-8-12(10)16(14)15;/h2*1-8,13,16H,(H,14,15);/q;;+2/p-2. The summed E-state index contributed by atoms with van der Waals surface area (Å²) >= 11 is 0. The summed E-state index contributed by atoms with van der Waals surface area (Å²) in [5, 5.41) is 19.9. The van der Waals surface area contributed by atoms with Crippen molar-refractivity contribution >= 4 is 26.7 Å². The maximum Gasteiger partial charge on any atom is 2.00 e. The summed E-state index contributed by atoms with van der Waals surface area (Å²) in [7, 11) is -6.03. The molecule has 0 aliphatic heterocycles. The molecule has 2 N–H and O–H groups in total. The molecule has 33 heavy (non-hydrogen) atoms. The van der Waals surface area contributed by atoms with Crippen LogP contribution in [-0.2, 0) is 25.9 Å². The van der Waals surface area contributed by atoms with Crippen molar-refractivity contribution in [1.29, 1.82) is 0 Å². The molecule has 4 aromatic carbocycles. The Kier molecular flexibility index (Phi) is 10.1. The first-order valence-corrected chi connectivity index (χ1v) is 12.2. The molecule has 0 spiro atoms. The quantitative estimate of drug-likeness (QED) is 0.396. The number of hydrogen-bond donors (Lipinski definition) is 2. The van der Waals surface area contributed by atoms with Crippen LogP contribution in [0, 0.1) is 0 Å². The van der Waals surface area contributed by atoms with Crippen LogP contribution >= 0.6 is 16.1 Å². The zero-order valence-electron chi connectivity index (χ0n) is 17.1. The maximum atomic E-state index is 11.1. The molecule has 0 saturated heterocycles. The number of hydrogen-bond acceptors (Lipinski definition) is 6. The fourth-order valence-electron chi connectivity index (χ4n) is 3.19. The van der Waals surface area contributed by atoms with Gasteiger partial charge in [0.2, 0.25) is 0 Å². The van der Waals surface area contributed by atoms with E-state index in [9.17, 15) is 29.1 Å². The molecule has 0 amide bonds. The van der Waals surface area contributed by atoms with E-state index in [1.807, 2.05) is 0 Å². The van der Waals surface area contributed by atoms with E-state index in [1.54, 1.807) is 72.8 Å². The molecular formula is C24H20CoO6P2. The summed E-state index contributed by atoms with van der Waals surface area (Å²) in [6, 6.07) is 26.6. The molecule has 0 aromatic heterocycles. The van der Waals surface area contributed by atoms with E-state index in [0.29, 0.717) is 22.3 Å². The average molecular weight is 525 g/mol. The topological polar surface area (TPSA) is 121 Å². The van der Waals surface area contributed by atoms with Crippen molar-refractivity contribution in [2.24, 2.45) is 0 Å². The van der Waals surface area contributed by atoms with Gasteiger partial charge in [-0.1, -0.05) is 84.9 Å². The van der Waals surface area contributed by atoms with Crippen LogP contribution in [0.4, 0.5) is 0 Å². The van der Waals surface area contributed by atoms with Crippen LogP contribution in [0.3, 0.4) is 0 Å². The van der Waals surface area contributed by atoms with Gasteiger partial charge < -0.3 is 29.1 Å². The fourth-order valence-corrected chi connectivity index (χ4v) is 4.54. The Hall–Kier alpha value is -2.63. The molecule has 2 atom stereocenters. The zero-order chi connectivity index (χ0) is 23.1. The molecule has 4 rings (SSSR count). The van der Waals surface area contributed by atoms with E-state index in [0.717, 1.165) is 0 Å². The van der Waals surface area contributed by atoms with E-state index in [4.69, 9.17) is 0 Å². The third-order valence-corrected chi connectivity index (χ3v) is 6.43. The first kappa shape index (κ1) is 26.6. The first-order valence-electron chi connectivity index (χ1n) is 9.57. The van der Waals surface area contributed by atoms with E-state index in [-0.39, 0.29) is 38.9 Å². The molecule has 1 radical (unpaired) electrons. The molecule has 9 heteroatoms. The number of phenolic OH excluding ortho intramolecular Hbond substituents is 2. The summed E-state index contributed by atoms with van der Waals surface area (Å²) < 4.78 is 22.2. The molecule has 0 saturated carbocycles. The molecule has 0 bridgehead atoms. The number of para-hydroxylation sites is 2. The Morgan fingerprint density at radius 1 is 0.485 bits per heavy atom. The Morgan fingerprint density at radius 3 is 1.06 bits per heavy atom. The molecule has 6 nitrogen and oxygen atoms in total. The minimum Gasteiger partial charge on any atom is -0.798 e. The molecule has 0 aliphatic carbocycles. The van der Waals surface area contributed by atoms with Crippen molar-refractivity contribution in [3.63, 3.8) is 0 Å². The Balaban J connectivity index is 0.000000227. The third kappa shape index (κ3) is 6.68. The molecule has 2 unspecified atom stereocenters. The summed E-state index contributed by atoms with van der Waals surface area (Å²) in [5.41, 5.74) is 2.15. The van der Waals surface area contributed by atoms with Gasteiger partial charge in [-0.05, 0) is 23.3 Å². The van der Waals surface area contributed by atoms with Crippen molar-refractivity contribution in [3.8, 4) is 33.8 Å². The van der Waals surface area contributed by atoms with Gasteiger partial charge in [0, 0.05) is 37.8 Å². The van der Waals surface area contributed by atoms with Gasteiger partial charge in [0.15, 0.2) is 0 Å². The summed E-state index contributed by atoms with van der Waals surface area (Å²) in [5.74, 6) is 0.163. The molecule has 0 fully saturated rings. The third-order valence-electron chi connectivity index (χ3n) is 4.68. The molecule has 0 heterocycles. The molecule has 171 valence electrons. The largest absolute Gasteiger partial charge is 2.00 e. The smallest absolute Gasteiger partial charge is 0.798 e. The second kappa shape index (κ2) is 12.6. The van der Waals surface area contributed by atoms with Crippen molar-refractivity contribution in [1.82, 2.24) is 0 Å². The predicted octanol–water partition coefficient (Wildman–Crippen LogP) is 3.04. The Morgan fingerprint density at radius 2 is 0.758 bits per heavy atom. The van der Waals surface area contributed by atoms with Crippen molar-refractivity contribution < 1.29 is 45.9 Å². The van der Waals surface area contributed by atoms with Gasteiger partial charge in [-0.2, -0.15) is 0 Å². The van der Waals surface area contributed by atoms with E-state index in [1.165, 1.54) is 24.3 Å². The van der Waals surface area contributed by atoms with Crippen LogP contribution in [0.25, 0.3) is 22.3 Å². The zero-order valence-corrected chi connectivity index (χ0v) is 20.1. The van der Waals surface area contributed by atoms with Gasteiger partial charge >= 0.3 is 16.8 Å². The molecular weight excluding hydrogens is 505 g/mol. The summed E-state index contributed by atoms with van der Waals surface area (Å²) in [6.07, 6.45) is 0. The van der Waals surface area contributed by atoms with Gasteiger partial charge in [0.1, 0.15) is 11.5 Å². The van der Waals surface area contributed by atoms with Crippen LogP contribution < -0.4 is 20.4 Å². The average Bonchev–Trinajstić information content (AvgIpc) is 2.80. The Labute approximate surface area is 203 Å². The van der Waals surface area contributed by atoms with Crippen molar-refractivity contribution in [2.45, 2.75) is 0 Å². The van der Waals surface area contributed by atoms with Crippen molar-refractivity contribution in [2.75, 3.05) is 0 Å². The summed E-state index contributed by atoms with van der Waals surface area (Å²) in [4.78, 5) is 22.2. The monoisotopic (exact) mass is 525 g/mol. The number of aromatic hydroxyl groups is 2. The van der Waals surface area contributed by atoms with E-state index >= 15 is 0 Å². The van der Waals surface area contributed by atoms with Gasteiger partial charge in [-0.3, -0.25) is 0 Å². The van der Waals surface area contributed by atoms with E-state index in [2.05, 4.69) is 0 Å². The number of rotatable bonds is 4. The van der Waals surface area contributed by atoms with Gasteiger partial charge in [-0.15, -0.1) is 0 Å². The minimum absolute atomic E-state index is 0. The van der Waals surface area contributed by atoms with Crippen LogP contribution in [0.15, 0.2) is 97.1 Å². The number of benzene rings is 4. The second-order valence-corrected chi connectivity index (χ2v) is 8.93. The van der Waals surface area contributed by atoms with Crippen LogP contribution in [0.2, 0.25) is 0 Å². The number of phenols is 2. The van der Waals surface area contributed by atoms with Gasteiger partial charge in [-0.25, -0.2) is 0 Å². The van der Waals surface area contributed by atoms with Crippen LogP contribution in [-0.4, -0.2) is 10.2 Å². The normalized spacial score (nSPS) is 11.9. The molecule has 4 aromatic rings. The maximum absolute atomic E-state index is 11.1. The molecule has 0 aliphatic rings.